The van der Waals surface area contributed by atoms with Crippen LogP contribution in [-0.4, -0.2) is 37.8 Å². The molecule has 4 rings (SSSR count). The Kier molecular flexibility index (Phi) is 7.04. The molecule has 0 saturated heterocycles. The van der Waals surface area contributed by atoms with Crippen molar-refractivity contribution in [1.29, 1.82) is 0 Å². The van der Waals surface area contributed by atoms with Crippen LogP contribution in [0.4, 0.5) is 10.2 Å². The molecule has 180 valence electrons. The lowest BCUT2D eigenvalue weighted by atomic mass is 9.91. The molecule has 10 heteroatoms. The van der Waals surface area contributed by atoms with Crippen LogP contribution in [0.25, 0.3) is 11.1 Å². The van der Waals surface area contributed by atoms with Crippen molar-refractivity contribution >= 4 is 17.6 Å². The Balaban J connectivity index is 1.56. The quantitative estimate of drug-likeness (QED) is 0.530. The summed E-state index contributed by atoms with van der Waals surface area (Å²) >= 11 is 0. The third-order valence-electron chi connectivity index (χ3n) is 6.40. The molecule has 0 bridgehead atoms. The monoisotopic (exact) mass is 468 g/mol. The normalized spacial score (nSPS) is 15.5. The summed E-state index contributed by atoms with van der Waals surface area (Å²) < 4.78 is 21.6. The number of carbonyl (C=O) groups is 2. The molecule has 3 aromatic heterocycles. The second-order valence-corrected chi connectivity index (χ2v) is 8.79. The lowest BCUT2D eigenvalue weighted by Gasteiger charge is -2.26. The number of pyridine rings is 1. The molecule has 0 aromatic carbocycles. The second kappa shape index (κ2) is 10.1. The molecule has 2 N–H and O–H groups in total. The summed E-state index contributed by atoms with van der Waals surface area (Å²) in [6.45, 7) is 3.51. The van der Waals surface area contributed by atoms with Crippen LogP contribution >= 0.6 is 0 Å². The van der Waals surface area contributed by atoms with Crippen molar-refractivity contribution in [3.05, 3.63) is 47.5 Å². The average Bonchev–Trinajstić information content (AvgIpc) is 3.26. The van der Waals surface area contributed by atoms with Gasteiger partial charge < -0.3 is 15.2 Å². The minimum atomic E-state index is -0.816. The molecule has 1 saturated carbocycles. The smallest absolute Gasteiger partial charge is 0.270 e. The minimum Gasteiger partial charge on any atom is -0.361 e. The first-order valence-electron chi connectivity index (χ1n) is 11.5. The van der Waals surface area contributed by atoms with Crippen molar-refractivity contribution in [2.75, 3.05) is 5.32 Å². The first-order chi connectivity index (χ1) is 16.3. The van der Waals surface area contributed by atoms with Gasteiger partial charge >= 0.3 is 0 Å². The number of hydrogen-bond donors (Lipinski definition) is 2. The van der Waals surface area contributed by atoms with Crippen molar-refractivity contribution in [2.24, 2.45) is 13.0 Å². The molecule has 1 fully saturated rings. The van der Waals surface area contributed by atoms with Crippen LogP contribution in [0.3, 0.4) is 0 Å². The maximum Gasteiger partial charge on any atom is 0.270 e. The highest BCUT2D eigenvalue weighted by molar-refractivity contribution is 6.00. The van der Waals surface area contributed by atoms with Crippen molar-refractivity contribution in [3.8, 4) is 11.1 Å². The molecular formula is C24H29FN6O3. The number of aryl methyl sites for hydroxylation is 3. The summed E-state index contributed by atoms with van der Waals surface area (Å²) in [5.74, 6) is -1.24. The molecule has 2 amide bonds. The molecule has 0 aliphatic heterocycles. The highest BCUT2D eigenvalue weighted by atomic mass is 19.1. The molecule has 0 spiro atoms. The van der Waals surface area contributed by atoms with Crippen LogP contribution in [0.1, 0.15) is 60.5 Å². The van der Waals surface area contributed by atoms with E-state index in [1.165, 1.54) is 23.1 Å². The molecule has 9 nitrogen and oxygen atoms in total. The number of aromatic nitrogens is 4. The minimum absolute atomic E-state index is 0.0516. The van der Waals surface area contributed by atoms with Gasteiger partial charge in [0.05, 0.1) is 5.69 Å². The molecule has 3 aromatic rings. The van der Waals surface area contributed by atoms with Gasteiger partial charge in [-0.2, -0.15) is 5.10 Å². The topological polar surface area (TPSA) is 115 Å². The van der Waals surface area contributed by atoms with E-state index in [1.54, 1.807) is 27.0 Å². The zero-order valence-corrected chi connectivity index (χ0v) is 19.6. The van der Waals surface area contributed by atoms with E-state index in [-0.39, 0.29) is 11.7 Å². The van der Waals surface area contributed by atoms with E-state index >= 15 is 0 Å². The van der Waals surface area contributed by atoms with Gasteiger partial charge in [0.15, 0.2) is 11.6 Å². The summed E-state index contributed by atoms with van der Waals surface area (Å²) in [7, 11) is 1.66. The number of hydrogen-bond acceptors (Lipinski definition) is 6. The van der Waals surface area contributed by atoms with Crippen molar-refractivity contribution < 1.29 is 18.5 Å². The van der Waals surface area contributed by atoms with Gasteiger partial charge in [-0.1, -0.05) is 30.8 Å². The van der Waals surface area contributed by atoms with Crippen LogP contribution < -0.4 is 10.6 Å². The lowest BCUT2D eigenvalue weighted by Crippen LogP contribution is -2.49. The third-order valence-corrected chi connectivity index (χ3v) is 6.40. The van der Waals surface area contributed by atoms with Gasteiger partial charge in [-0.3, -0.25) is 14.3 Å². The fourth-order valence-electron chi connectivity index (χ4n) is 4.61. The van der Waals surface area contributed by atoms with Crippen LogP contribution in [0, 0.1) is 25.6 Å². The lowest BCUT2D eigenvalue weighted by molar-refractivity contribution is -0.119. The van der Waals surface area contributed by atoms with E-state index in [0.29, 0.717) is 28.3 Å². The standard InChI is InChI=1S/C24H29FN6O3/c1-14-20(15(2)34-30-14)17-12-18(25)22(26-13-17)29-24(33)21(16-8-6-4-5-7-9-16)28-23(32)19-10-11-27-31(19)3/h10-13,16,21H,4-9H2,1-3H3,(H,28,32)(H,26,29,33). The van der Waals surface area contributed by atoms with Gasteiger partial charge in [0.2, 0.25) is 5.91 Å². The maximum atomic E-state index is 14.9. The largest absolute Gasteiger partial charge is 0.361 e. The van der Waals surface area contributed by atoms with E-state index < -0.39 is 23.7 Å². The summed E-state index contributed by atoms with van der Waals surface area (Å²) in [6, 6.07) is 2.07. The molecule has 1 unspecified atom stereocenters. The first-order valence-corrected chi connectivity index (χ1v) is 11.5. The van der Waals surface area contributed by atoms with E-state index in [9.17, 15) is 14.0 Å². The first kappa shape index (κ1) is 23.6. The van der Waals surface area contributed by atoms with Crippen LogP contribution in [-0.2, 0) is 11.8 Å². The van der Waals surface area contributed by atoms with Gasteiger partial charge in [0.1, 0.15) is 17.5 Å². The molecular weight excluding hydrogens is 439 g/mol. The molecule has 1 atom stereocenters. The molecule has 1 aliphatic carbocycles. The fourth-order valence-corrected chi connectivity index (χ4v) is 4.61. The fraction of sp³-hybridized carbons (Fsp3) is 0.458. The Morgan fingerprint density at radius 2 is 1.94 bits per heavy atom. The van der Waals surface area contributed by atoms with E-state index in [0.717, 1.165) is 38.5 Å². The predicted octanol–water partition coefficient (Wildman–Crippen LogP) is 3.93. The highest BCUT2D eigenvalue weighted by Gasteiger charge is 2.32. The zero-order chi connectivity index (χ0) is 24.2. The number of rotatable bonds is 6. The van der Waals surface area contributed by atoms with Crippen molar-refractivity contribution in [3.63, 3.8) is 0 Å². The van der Waals surface area contributed by atoms with E-state index in [1.807, 2.05) is 0 Å². The highest BCUT2D eigenvalue weighted by Crippen LogP contribution is 2.29. The van der Waals surface area contributed by atoms with Gasteiger partial charge in [-0.25, -0.2) is 9.37 Å². The van der Waals surface area contributed by atoms with Crippen molar-refractivity contribution in [1.82, 2.24) is 25.2 Å². The molecule has 34 heavy (non-hydrogen) atoms. The SMILES string of the molecule is Cc1noc(C)c1-c1cnc(NC(=O)C(NC(=O)c2ccnn2C)C2CCCCCC2)c(F)c1. The van der Waals surface area contributed by atoms with E-state index in [4.69, 9.17) is 4.52 Å². The number of amides is 2. The zero-order valence-electron chi connectivity index (χ0n) is 19.6. The summed E-state index contributed by atoms with van der Waals surface area (Å²) in [5, 5.41) is 13.4. The summed E-state index contributed by atoms with van der Waals surface area (Å²) in [6.07, 6.45) is 8.77. The van der Waals surface area contributed by atoms with E-state index in [2.05, 4.69) is 25.9 Å². The van der Waals surface area contributed by atoms with Gasteiger partial charge in [-0.05, 0) is 44.7 Å². The number of nitrogens with zero attached hydrogens (tertiary/aromatic N) is 4. The second-order valence-electron chi connectivity index (χ2n) is 8.79. The molecule has 3 heterocycles. The Labute approximate surface area is 197 Å². The third kappa shape index (κ3) is 5.00. The maximum absolute atomic E-state index is 14.9. The van der Waals surface area contributed by atoms with Crippen molar-refractivity contribution in [2.45, 2.75) is 58.4 Å². The van der Waals surface area contributed by atoms with Crippen LogP contribution in [0.2, 0.25) is 0 Å². The van der Waals surface area contributed by atoms with Crippen LogP contribution in [0.15, 0.2) is 29.0 Å². The predicted molar refractivity (Wildman–Crippen MR) is 123 cm³/mol. The molecule has 1 aliphatic rings. The number of nitrogens with one attached hydrogen (secondary N) is 2. The van der Waals surface area contributed by atoms with Gasteiger partial charge in [-0.15, -0.1) is 0 Å². The Morgan fingerprint density at radius 3 is 2.53 bits per heavy atom. The Morgan fingerprint density at radius 1 is 1.21 bits per heavy atom. The number of anilines is 1. The number of carbonyl (C=O) groups excluding carboxylic acids is 2. The Bertz CT molecular complexity index is 1160. The number of halogens is 1. The average molecular weight is 469 g/mol. The van der Waals surface area contributed by atoms with Crippen LogP contribution in [0.5, 0.6) is 0 Å². The van der Waals surface area contributed by atoms with Gasteiger partial charge in [0.25, 0.3) is 5.91 Å². The summed E-state index contributed by atoms with van der Waals surface area (Å²) in [5.41, 5.74) is 2.15. The summed E-state index contributed by atoms with van der Waals surface area (Å²) in [4.78, 5) is 30.3. The Hall–Kier alpha value is -3.56. The van der Waals surface area contributed by atoms with Gasteiger partial charge in [0, 0.05) is 30.6 Å². The molecule has 0 radical (unpaired) electrons.